The number of methoxy groups -OCH3 is 1. The molecule has 1 amide bonds. The van der Waals surface area contributed by atoms with E-state index in [1.54, 1.807) is 24.1 Å². The largest absolute Gasteiger partial charge is 0.497 e. The number of aromatic nitrogens is 1. The van der Waals surface area contributed by atoms with Crippen molar-refractivity contribution >= 4 is 43.6 Å². The van der Waals surface area contributed by atoms with Gasteiger partial charge in [-0.2, -0.15) is 0 Å². The Balaban J connectivity index is 1.58. The van der Waals surface area contributed by atoms with Crippen molar-refractivity contribution in [2.75, 3.05) is 18.6 Å². The van der Waals surface area contributed by atoms with Crippen LogP contribution in [-0.2, 0) is 0 Å². The third-order valence-electron chi connectivity index (χ3n) is 6.32. The molecule has 1 aliphatic heterocycles. The first kappa shape index (κ1) is 22.3. The van der Waals surface area contributed by atoms with E-state index in [-0.39, 0.29) is 11.2 Å². The van der Waals surface area contributed by atoms with Crippen LogP contribution in [0.25, 0.3) is 21.2 Å². The number of hydrogen-bond donors (Lipinski definition) is 0. The van der Waals surface area contributed by atoms with Crippen LogP contribution in [0, 0.1) is 6.92 Å². The van der Waals surface area contributed by atoms with Gasteiger partial charge in [-0.1, -0.05) is 35.1 Å². The van der Waals surface area contributed by atoms with Crippen LogP contribution in [0.1, 0.15) is 40.2 Å². The van der Waals surface area contributed by atoms with E-state index in [9.17, 15) is 9.59 Å². The molecule has 0 unspecified atom stereocenters. The molecule has 0 saturated heterocycles. The Labute approximate surface area is 210 Å². The minimum atomic E-state index is -0.688. The van der Waals surface area contributed by atoms with Gasteiger partial charge in [-0.05, 0) is 61.9 Å². The molecule has 3 heterocycles. The molecule has 0 saturated carbocycles. The maximum Gasteiger partial charge on any atom is 0.297 e. The zero-order valence-corrected chi connectivity index (χ0v) is 20.7. The Hall–Kier alpha value is -4.17. The Kier molecular flexibility index (Phi) is 5.26. The van der Waals surface area contributed by atoms with Gasteiger partial charge >= 0.3 is 0 Å². The lowest BCUT2D eigenvalue weighted by Crippen LogP contribution is -2.29. The summed E-state index contributed by atoms with van der Waals surface area (Å²) in [6.07, 6.45) is 0. The lowest BCUT2D eigenvalue weighted by Gasteiger charge is -2.22. The highest BCUT2D eigenvalue weighted by atomic mass is 32.1. The number of fused-ring (bicyclic) bond motifs is 3. The molecule has 5 aromatic rings. The summed E-state index contributed by atoms with van der Waals surface area (Å²) in [6, 6.07) is 17.7. The van der Waals surface area contributed by atoms with Crippen molar-refractivity contribution in [1.29, 1.82) is 0 Å². The summed E-state index contributed by atoms with van der Waals surface area (Å²) >= 11 is 1.37. The minimum Gasteiger partial charge on any atom is -0.497 e. The van der Waals surface area contributed by atoms with Gasteiger partial charge in [0.25, 0.3) is 5.91 Å². The van der Waals surface area contributed by atoms with Crippen LogP contribution in [-0.4, -0.2) is 24.6 Å². The molecule has 2 aromatic heterocycles. The summed E-state index contributed by atoms with van der Waals surface area (Å²) in [5.74, 6) is 1.07. The second kappa shape index (κ2) is 8.49. The fourth-order valence-electron chi connectivity index (χ4n) is 4.64. The zero-order valence-electron chi connectivity index (χ0n) is 19.9. The van der Waals surface area contributed by atoms with Crippen molar-refractivity contribution in [3.05, 3.63) is 93.3 Å². The fraction of sp³-hybridized carbons (Fsp3) is 0.179. The van der Waals surface area contributed by atoms with Gasteiger partial charge in [0.2, 0.25) is 5.76 Å². The number of aryl methyl sites for hydroxylation is 1. The van der Waals surface area contributed by atoms with Crippen LogP contribution in [0.4, 0.5) is 5.13 Å². The Morgan fingerprint density at radius 1 is 1.03 bits per heavy atom. The predicted octanol–water partition coefficient (Wildman–Crippen LogP) is 5.87. The van der Waals surface area contributed by atoms with Gasteiger partial charge in [-0.3, -0.25) is 14.5 Å². The number of benzene rings is 3. The summed E-state index contributed by atoms with van der Waals surface area (Å²) < 4.78 is 17.9. The Morgan fingerprint density at radius 3 is 2.56 bits per heavy atom. The van der Waals surface area contributed by atoms with Gasteiger partial charge in [0, 0.05) is 0 Å². The maximum absolute atomic E-state index is 13.8. The number of ether oxygens (including phenoxy) is 2. The molecular formula is C28H22N2O5S. The van der Waals surface area contributed by atoms with E-state index in [4.69, 9.17) is 18.9 Å². The van der Waals surface area contributed by atoms with Crippen LogP contribution in [0.3, 0.4) is 0 Å². The molecular weight excluding hydrogens is 476 g/mol. The monoisotopic (exact) mass is 498 g/mol. The molecule has 1 atom stereocenters. The Bertz CT molecular complexity index is 1700. The van der Waals surface area contributed by atoms with Gasteiger partial charge < -0.3 is 13.9 Å². The number of nitrogens with zero attached hydrogens (tertiary/aromatic N) is 2. The summed E-state index contributed by atoms with van der Waals surface area (Å²) in [4.78, 5) is 33.9. The molecule has 36 heavy (non-hydrogen) atoms. The molecule has 0 N–H and O–H groups in total. The maximum atomic E-state index is 13.8. The van der Waals surface area contributed by atoms with E-state index in [1.165, 1.54) is 11.3 Å². The van der Waals surface area contributed by atoms with Crippen LogP contribution in [0.5, 0.6) is 11.5 Å². The van der Waals surface area contributed by atoms with Gasteiger partial charge in [-0.15, -0.1) is 0 Å². The highest BCUT2D eigenvalue weighted by Crippen LogP contribution is 2.44. The van der Waals surface area contributed by atoms with Crippen molar-refractivity contribution < 1.29 is 18.7 Å². The minimum absolute atomic E-state index is 0.0476. The number of rotatable bonds is 5. The average Bonchev–Trinajstić information content (AvgIpc) is 3.43. The van der Waals surface area contributed by atoms with Gasteiger partial charge in [0.15, 0.2) is 10.6 Å². The van der Waals surface area contributed by atoms with Crippen LogP contribution in [0.15, 0.2) is 69.9 Å². The van der Waals surface area contributed by atoms with E-state index in [2.05, 4.69) is 0 Å². The molecule has 1 aliphatic rings. The van der Waals surface area contributed by atoms with Crippen molar-refractivity contribution in [2.24, 2.45) is 0 Å². The topological polar surface area (TPSA) is 81.9 Å². The highest BCUT2D eigenvalue weighted by Gasteiger charge is 2.45. The molecule has 0 aliphatic carbocycles. The van der Waals surface area contributed by atoms with Crippen molar-refractivity contribution in [3.8, 4) is 11.5 Å². The van der Waals surface area contributed by atoms with Crippen LogP contribution >= 0.6 is 11.3 Å². The number of amides is 1. The predicted molar refractivity (Wildman–Crippen MR) is 140 cm³/mol. The lowest BCUT2D eigenvalue weighted by atomic mass is 9.98. The molecule has 0 radical (unpaired) electrons. The molecule has 6 rings (SSSR count). The van der Waals surface area contributed by atoms with Crippen molar-refractivity contribution in [2.45, 2.75) is 19.9 Å². The van der Waals surface area contributed by atoms with Crippen molar-refractivity contribution in [3.63, 3.8) is 0 Å². The number of thiazole rings is 1. The summed E-state index contributed by atoms with van der Waals surface area (Å²) in [7, 11) is 1.59. The first-order chi connectivity index (χ1) is 17.5. The van der Waals surface area contributed by atoms with Gasteiger partial charge in [-0.25, -0.2) is 4.98 Å². The molecule has 0 bridgehead atoms. The smallest absolute Gasteiger partial charge is 0.297 e. The van der Waals surface area contributed by atoms with E-state index in [0.717, 1.165) is 27.1 Å². The second-order valence-electron chi connectivity index (χ2n) is 8.58. The molecule has 8 heteroatoms. The second-order valence-corrected chi connectivity index (χ2v) is 9.59. The van der Waals surface area contributed by atoms with Gasteiger partial charge in [0.1, 0.15) is 17.1 Å². The summed E-state index contributed by atoms with van der Waals surface area (Å²) in [6.45, 7) is 4.40. The van der Waals surface area contributed by atoms with Crippen LogP contribution in [0.2, 0.25) is 0 Å². The SMILES string of the molecule is CCOc1ccc2nc(N3C(=O)c4oc5ccc(C)cc5c(=O)c4[C@@H]3c3ccc(OC)cc3)sc2c1. The first-order valence-corrected chi connectivity index (χ1v) is 12.4. The number of hydrogen-bond acceptors (Lipinski definition) is 7. The number of carbonyl (C=O) groups is 1. The quantitative estimate of drug-likeness (QED) is 0.302. The van der Waals surface area contributed by atoms with Crippen molar-refractivity contribution in [1.82, 2.24) is 4.98 Å². The average molecular weight is 499 g/mol. The number of carbonyl (C=O) groups excluding carboxylic acids is 1. The summed E-state index contributed by atoms with van der Waals surface area (Å²) in [5.41, 5.74) is 2.93. The summed E-state index contributed by atoms with van der Waals surface area (Å²) in [5, 5.41) is 0.933. The van der Waals surface area contributed by atoms with E-state index in [0.29, 0.717) is 34.0 Å². The fourth-order valence-corrected chi connectivity index (χ4v) is 5.66. The third kappa shape index (κ3) is 3.45. The normalized spacial score (nSPS) is 15.0. The van der Waals surface area contributed by atoms with E-state index in [1.807, 2.05) is 62.4 Å². The standard InChI is InChI=1S/C28H22N2O5S/c1-4-34-18-10-11-20-22(14-18)36-28(29-20)30-24(16-6-8-17(33-3)9-7-16)23-25(31)19-13-15(2)5-12-21(19)35-26(23)27(30)32/h5-14,24H,4H2,1-3H3/t24-/m0/s1. The highest BCUT2D eigenvalue weighted by molar-refractivity contribution is 7.22. The van der Waals surface area contributed by atoms with Crippen LogP contribution < -0.4 is 19.8 Å². The van der Waals surface area contributed by atoms with E-state index < -0.39 is 11.9 Å². The molecule has 0 spiro atoms. The zero-order chi connectivity index (χ0) is 25.0. The van der Waals surface area contributed by atoms with E-state index >= 15 is 0 Å². The number of anilines is 1. The Morgan fingerprint density at radius 2 is 1.81 bits per heavy atom. The molecule has 180 valence electrons. The third-order valence-corrected chi connectivity index (χ3v) is 7.34. The molecule has 0 fully saturated rings. The lowest BCUT2D eigenvalue weighted by molar-refractivity contribution is 0.0971. The first-order valence-electron chi connectivity index (χ1n) is 11.6. The van der Waals surface area contributed by atoms with Gasteiger partial charge in [0.05, 0.1) is 40.9 Å². The molecule has 7 nitrogen and oxygen atoms in total. The molecule has 3 aromatic carbocycles.